The Morgan fingerprint density at radius 3 is 3.11 bits per heavy atom. The molecule has 0 radical (unpaired) electrons. The van der Waals surface area contributed by atoms with Crippen molar-refractivity contribution in [3.05, 3.63) is 58.8 Å². The molecule has 0 fully saturated rings. The largest absolute Gasteiger partial charge is 0.332 e. The highest BCUT2D eigenvalue weighted by molar-refractivity contribution is 7.13. The molecule has 0 aromatic carbocycles. The van der Waals surface area contributed by atoms with E-state index in [1.807, 2.05) is 0 Å². The first-order chi connectivity index (χ1) is 9.28. The minimum Gasteiger partial charge on any atom is -0.332 e. The van der Waals surface area contributed by atoms with Gasteiger partial charge in [-0.2, -0.15) is 0 Å². The lowest BCUT2D eigenvalue weighted by Crippen LogP contribution is -1.96. The van der Waals surface area contributed by atoms with Crippen molar-refractivity contribution in [2.24, 2.45) is 0 Å². The minimum atomic E-state index is 0.917. The second kappa shape index (κ2) is 7.10. The van der Waals surface area contributed by atoms with Crippen molar-refractivity contribution in [3.8, 4) is 0 Å². The highest BCUT2D eigenvalue weighted by Crippen LogP contribution is 2.19. The second-order valence-corrected chi connectivity index (χ2v) is 5.45. The first-order valence-corrected chi connectivity index (χ1v) is 7.56. The summed E-state index contributed by atoms with van der Waals surface area (Å²) < 4.78 is 0. The first-order valence-electron chi connectivity index (χ1n) is 6.68. The predicted octanol–water partition coefficient (Wildman–Crippen LogP) is 4.85. The number of allylic oxidation sites excluding steroid dienone is 7. The molecule has 1 aliphatic rings. The van der Waals surface area contributed by atoms with Gasteiger partial charge in [0, 0.05) is 17.5 Å². The number of hydrogen-bond acceptors (Lipinski definition) is 3. The van der Waals surface area contributed by atoms with Gasteiger partial charge >= 0.3 is 0 Å². The zero-order valence-corrected chi connectivity index (χ0v) is 12.3. The summed E-state index contributed by atoms with van der Waals surface area (Å²) in [5, 5.41) is 6.44. The Balaban J connectivity index is 1.98. The minimum absolute atomic E-state index is 0.917. The van der Waals surface area contributed by atoms with Crippen LogP contribution in [0.5, 0.6) is 0 Å². The standard InChI is InChI=1S/C16H20N2S/c1-3-4-5-8-15-12-19-16(18-15)17-14-9-6-7-13(2)10-11-14/h4-6,9-12H,3,7-8H2,1-2H3,(H,17,18)/b5-4-. The number of nitrogens with zero attached hydrogens (tertiary/aromatic N) is 1. The van der Waals surface area contributed by atoms with Crippen LogP contribution >= 0.6 is 11.3 Å². The summed E-state index contributed by atoms with van der Waals surface area (Å²) in [6, 6.07) is 0. The second-order valence-electron chi connectivity index (χ2n) is 4.59. The molecule has 1 aliphatic carbocycles. The van der Waals surface area contributed by atoms with E-state index in [4.69, 9.17) is 0 Å². The maximum absolute atomic E-state index is 4.59. The summed E-state index contributed by atoms with van der Waals surface area (Å²) in [7, 11) is 0. The Hall–Kier alpha value is -1.61. The molecule has 1 aromatic rings. The lowest BCUT2D eigenvalue weighted by molar-refractivity contribution is 1.12. The fourth-order valence-corrected chi connectivity index (χ4v) is 2.51. The van der Waals surface area contributed by atoms with Crippen LogP contribution in [0.4, 0.5) is 5.13 Å². The Kier molecular flexibility index (Phi) is 5.16. The molecule has 0 aliphatic heterocycles. The van der Waals surface area contributed by atoms with Crippen LogP contribution in [0.15, 0.2) is 53.1 Å². The van der Waals surface area contributed by atoms with Crippen LogP contribution in [0, 0.1) is 0 Å². The Morgan fingerprint density at radius 1 is 1.37 bits per heavy atom. The van der Waals surface area contributed by atoms with Gasteiger partial charge in [-0.1, -0.05) is 36.8 Å². The van der Waals surface area contributed by atoms with E-state index >= 15 is 0 Å². The summed E-state index contributed by atoms with van der Waals surface area (Å²) in [6.45, 7) is 4.29. The monoisotopic (exact) mass is 272 g/mol. The van der Waals surface area contributed by atoms with Crippen LogP contribution in [-0.2, 0) is 6.42 Å². The van der Waals surface area contributed by atoms with Gasteiger partial charge in [-0.15, -0.1) is 11.3 Å². The van der Waals surface area contributed by atoms with Crippen molar-refractivity contribution in [1.29, 1.82) is 0 Å². The van der Waals surface area contributed by atoms with Crippen LogP contribution in [0.1, 0.15) is 32.4 Å². The van der Waals surface area contributed by atoms with Crippen molar-refractivity contribution in [2.75, 3.05) is 5.32 Å². The highest BCUT2D eigenvalue weighted by Gasteiger charge is 2.02. The third-order valence-electron chi connectivity index (χ3n) is 2.82. The third kappa shape index (κ3) is 4.52. The van der Waals surface area contributed by atoms with Gasteiger partial charge in [0.2, 0.25) is 0 Å². The number of aromatic nitrogens is 1. The van der Waals surface area contributed by atoms with Gasteiger partial charge in [0.15, 0.2) is 5.13 Å². The number of thiazole rings is 1. The SMILES string of the molecule is CC/C=C\Cc1csc(NC2=CC=C(C)CC=C2)n1. The number of hydrogen-bond donors (Lipinski definition) is 1. The van der Waals surface area contributed by atoms with Crippen molar-refractivity contribution >= 4 is 16.5 Å². The maximum atomic E-state index is 4.59. The van der Waals surface area contributed by atoms with Crippen LogP contribution < -0.4 is 5.32 Å². The van der Waals surface area contributed by atoms with Crippen molar-refractivity contribution in [3.63, 3.8) is 0 Å². The molecule has 1 aromatic heterocycles. The topological polar surface area (TPSA) is 24.9 Å². The molecule has 0 saturated carbocycles. The summed E-state index contributed by atoms with van der Waals surface area (Å²) in [4.78, 5) is 4.59. The zero-order valence-electron chi connectivity index (χ0n) is 11.5. The van der Waals surface area contributed by atoms with Gasteiger partial charge in [-0.05, 0) is 31.9 Å². The highest BCUT2D eigenvalue weighted by atomic mass is 32.1. The number of anilines is 1. The molecule has 0 spiro atoms. The van der Waals surface area contributed by atoms with E-state index in [9.17, 15) is 0 Å². The van der Waals surface area contributed by atoms with E-state index in [-0.39, 0.29) is 0 Å². The summed E-state index contributed by atoms with van der Waals surface area (Å²) >= 11 is 1.66. The normalized spacial score (nSPS) is 15.3. The molecular formula is C16H20N2S. The number of nitrogens with one attached hydrogen (secondary N) is 1. The van der Waals surface area contributed by atoms with E-state index in [0.717, 1.165) is 35.8 Å². The zero-order chi connectivity index (χ0) is 13.5. The first kappa shape index (κ1) is 13.8. The number of rotatable bonds is 5. The van der Waals surface area contributed by atoms with E-state index < -0.39 is 0 Å². The van der Waals surface area contributed by atoms with Gasteiger partial charge in [0.25, 0.3) is 0 Å². The molecule has 0 atom stereocenters. The van der Waals surface area contributed by atoms with Crippen LogP contribution in [0.3, 0.4) is 0 Å². The van der Waals surface area contributed by atoms with Crippen molar-refractivity contribution in [2.45, 2.75) is 33.1 Å². The van der Waals surface area contributed by atoms with Gasteiger partial charge in [-0.3, -0.25) is 0 Å². The van der Waals surface area contributed by atoms with Gasteiger partial charge in [0.05, 0.1) is 5.69 Å². The molecule has 0 unspecified atom stereocenters. The third-order valence-corrected chi connectivity index (χ3v) is 3.62. The summed E-state index contributed by atoms with van der Waals surface area (Å²) in [5.74, 6) is 0. The maximum Gasteiger partial charge on any atom is 0.187 e. The quantitative estimate of drug-likeness (QED) is 0.775. The average Bonchev–Trinajstić information content (AvgIpc) is 2.73. The molecule has 0 bridgehead atoms. The van der Waals surface area contributed by atoms with E-state index in [2.05, 4.69) is 66.0 Å². The van der Waals surface area contributed by atoms with Crippen molar-refractivity contribution in [1.82, 2.24) is 4.98 Å². The van der Waals surface area contributed by atoms with E-state index in [1.165, 1.54) is 5.57 Å². The van der Waals surface area contributed by atoms with Gasteiger partial charge < -0.3 is 5.32 Å². The molecular weight excluding hydrogens is 252 g/mol. The van der Waals surface area contributed by atoms with Crippen LogP contribution in [-0.4, -0.2) is 4.98 Å². The summed E-state index contributed by atoms with van der Waals surface area (Å²) in [6.07, 6.45) is 15.9. The molecule has 1 heterocycles. The molecule has 2 rings (SSSR count). The van der Waals surface area contributed by atoms with Gasteiger partial charge in [-0.25, -0.2) is 4.98 Å². The van der Waals surface area contributed by atoms with Crippen LogP contribution in [0.2, 0.25) is 0 Å². The molecule has 3 heteroatoms. The molecule has 1 N–H and O–H groups in total. The molecule has 0 saturated heterocycles. The molecule has 100 valence electrons. The molecule has 19 heavy (non-hydrogen) atoms. The fraction of sp³-hybridized carbons (Fsp3) is 0.312. The van der Waals surface area contributed by atoms with E-state index in [0.29, 0.717) is 0 Å². The lowest BCUT2D eigenvalue weighted by atomic mass is 10.2. The fourth-order valence-electron chi connectivity index (χ4n) is 1.76. The Labute approximate surface area is 119 Å². The average molecular weight is 272 g/mol. The van der Waals surface area contributed by atoms with Gasteiger partial charge in [0.1, 0.15) is 0 Å². The predicted molar refractivity (Wildman–Crippen MR) is 84.5 cm³/mol. The van der Waals surface area contributed by atoms with E-state index in [1.54, 1.807) is 11.3 Å². The van der Waals surface area contributed by atoms with Crippen LogP contribution in [0.25, 0.3) is 0 Å². The van der Waals surface area contributed by atoms with Crippen molar-refractivity contribution < 1.29 is 0 Å². The molecule has 2 nitrogen and oxygen atoms in total. The smallest absolute Gasteiger partial charge is 0.187 e. The summed E-state index contributed by atoms with van der Waals surface area (Å²) in [5.41, 5.74) is 3.60. The molecule has 0 amide bonds. The Morgan fingerprint density at radius 2 is 2.26 bits per heavy atom. The lowest BCUT2D eigenvalue weighted by Gasteiger charge is -2.01. The Bertz CT molecular complexity index is 533.